The standard InChI is InChI=1S/C23H21FN4O3/c1-14(2)28-19-9-4-16(22(25)29)11-20(19)27(23(28)30)13-15-3-10-21(26-12-15)31-18-7-5-17(24)6-8-18/h3-12,14H,13H2,1-2H3,(H2,25,29). The number of carbonyl (C=O) groups is 1. The molecule has 0 bridgehead atoms. The molecular formula is C23H21FN4O3. The fraction of sp³-hybridized carbons (Fsp3) is 0.174. The SMILES string of the molecule is CC(C)n1c(=O)n(Cc2ccc(Oc3ccc(F)cc3)nc2)c2cc(C(N)=O)ccc21. The highest BCUT2D eigenvalue weighted by Gasteiger charge is 2.17. The molecule has 7 nitrogen and oxygen atoms in total. The number of hydrogen-bond donors (Lipinski definition) is 1. The van der Waals surface area contributed by atoms with Crippen LogP contribution in [0.2, 0.25) is 0 Å². The lowest BCUT2D eigenvalue weighted by Crippen LogP contribution is -2.26. The Balaban J connectivity index is 1.66. The molecule has 0 spiro atoms. The fourth-order valence-electron chi connectivity index (χ4n) is 3.46. The van der Waals surface area contributed by atoms with Crippen molar-refractivity contribution < 1.29 is 13.9 Å². The van der Waals surface area contributed by atoms with Gasteiger partial charge in [0.05, 0.1) is 17.6 Å². The lowest BCUT2D eigenvalue weighted by atomic mass is 10.2. The van der Waals surface area contributed by atoms with E-state index in [1.54, 1.807) is 45.7 Å². The number of nitrogens with zero attached hydrogens (tertiary/aromatic N) is 3. The summed E-state index contributed by atoms with van der Waals surface area (Å²) < 4.78 is 21.9. The van der Waals surface area contributed by atoms with Crippen molar-refractivity contribution in [3.8, 4) is 11.6 Å². The van der Waals surface area contributed by atoms with Gasteiger partial charge in [-0.25, -0.2) is 14.2 Å². The summed E-state index contributed by atoms with van der Waals surface area (Å²) >= 11 is 0. The Morgan fingerprint density at radius 3 is 2.45 bits per heavy atom. The van der Waals surface area contributed by atoms with Crippen LogP contribution in [-0.4, -0.2) is 20.0 Å². The number of pyridine rings is 1. The molecule has 2 N–H and O–H groups in total. The average Bonchev–Trinajstić information content (AvgIpc) is 3.02. The third-order valence-electron chi connectivity index (χ3n) is 4.94. The number of fused-ring (bicyclic) bond motifs is 1. The summed E-state index contributed by atoms with van der Waals surface area (Å²) in [4.78, 5) is 29.0. The van der Waals surface area contributed by atoms with E-state index in [1.165, 1.54) is 24.3 Å². The molecule has 2 aromatic heterocycles. The molecule has 0 atom stereocenters. The number of carbonyl (C=O) groups excluding carboxylic acids is 1. The third-order valence-corrected chi connectivity index (χ3v) is 4.94. The minimum atomic E-state index is -0.554. The van der Waals surface area contributed by atoms with Crippen LogP contribution in [0.3, 0.4) is 0 Å². The van der Waals surface area contributed by atoms with Crippen LogP contribution in [0.25, 0.3) is 11.0 Å². The molecule has 0 aliphatic rings. The third kappa shape index (κ3) is 4.05. The number of benzene rings is 2. The van der Waals surface area contributed by atoms with Gasteiger partial charge in [-0.1, -0.05) is 6.07 Å². The van der Waals surface area contributed by atoms with E-state index in [2.05, 4.69) is 4.98 Å². The summed E-state index contributed by atoms with van der Waals surface area (Å²) in [5.74, 6) is -0.0801. The highest BCUT2D eigenvalue weighted by molar-refractivity contribution is 5.96. The Labute approximate surface area is 177 Å². The van der Waals surface area contributed by atoms with Crippen molar-refractivity contribution in [2.75, 3.05) is 0 Å². The van der Waals surface area contributed by atoms with Gasteiger partial charge in [0.2, 0.25) is 11.8 Å². The van der Waals surface area contributed by atoms with Crippen LogP contribution in [0.4, 0.5) is 4.39 Å². The monoisotopic (exact) mass is 420 g/mol. The minimum absolute atomic E-state index is 0.0553. The van der Waals surface area contributed by atoms with Crippen LogP contribution < -0.4 is 16.2 Å². The normalized spacial score (nSPS) is 11.2. The van der Waals surface area contributed by atoms with Gasteiger partial charge < -0.3 is 10.5 Å². The van der Waals surface area contributed by atoms with Gasteiger partial charge in [-0.2, -0.15) is 0 Å². The van der Waals surface area contributed by atoms with Crippen LogP contribution >= 0.6 is 0 Å². The molecule has 0 saturated carbocycles. The molecule has 0 unspecified atom stereocenters. The predicted octanol–water partition coefficient (Wildman–Crippen LogP) is 3.86. The van der Waals surface area contributed by atoms with Gasteiger partial charge in [0.1, 0.15) is 11.6 Å². The smallest absolute Gasteiger partial charge is 0.329 e. The first-order valence-corrected chi connectivity index (χ1v) is 9.76. The number of primary amides is 1. The zero-order valence-electron chi connectivity index (χ0n) is 17.1. The number of aromatic nitrogens is 3. The highest BCUT2D eigenvalue weighted by Crippen LogP contribution is 2.22. The number of halogens is 1. The summed E-state index contributed by atoms with van der Waals surface area (Å²) in [5, 5.41) is 0. The van der Waals surface area contributed by atoms with E-state index in [9.17, 15) is 14.0 Å². The minimum Gasteiger partial charge on any atom is -0.439 e. The number of hydrogen-bond acceptors (Lipinski definition) is 4. The summed E-state index contributed by atoms with van der Waals surface area (Å²) in [7, 11) is 0. The highest BCUT2D eigenvalue weighted by atomic mass is 19.1. The zero-order valence-corrected chi connectivity index (χ0v) is 17.1. The van der Waals surface area contributed by atoms with Crippen LogP contribution in [0.5, 0.6) is 11.6 Å². The summed E-state index contributed by atoms with van der Waals surface area (Å²) in [5.41, 5.74) is 7.71. The Bertz CT molecular complexity index is 1310. The number of imidazole rings is 1. The molecule has 31 heavy (non-hydrogen) atoms. The van der Waals surface area contributed by atoms with Gasteiger partial charge >= 0.3 is 5.69 Å². The second-order valence-electron chi connectivity index (χ2n) is 7.46. The molecule has 2 heterocycles. The zero-order chi connectivity index (χ0) is 22.1. The maximum atomic E-state index is 13.1. The Hall–Kier alpha value is -3.94. The number of rotatable bonds is 6. The Morgan fingerprint density at radius 1 is 1.10 bits per heavy atom. The van der Waals surface area contributed by atoms with E-state index in [0.717, 1.165) is 11.1 Å². The molecule has 4 aromatic rings. The molecule has 0 aliphatic heterocycles. The second kappa shape index (κ2) is 8.06. The van der Waals surface area contributed by atoms with E-state index < -0.39 is 5.91 Å². The lowest BCUT2D eigenvalue weighted by molar-refractivity contribution is 0.100. The number of amides is 1. The first-order chi connectivity index (χ1) is 14.8. The predicted molar refractivity (Wildman–Crippen MR) is 115 cm³/mol. The topological polar surface area (TPSA) is 92.1 Å². The molecule has 1 amide bonds. The van der Waals surface area contributed by atoms with Crippen LogP contribution in [0.1, 0.15) is 35.8 Å². The van der Waals surface area contributed by atoms with Crippen molar-refractivity contribution in [2.24, 2.45) is 5.73 Å². The van der Waals surface area contributed by atoms with Crippen molar-refractivity contribution >= 4 is 16.9 Å². The Kier molecular flexibility index (Phi) is 5.29. The largest absolute Gasteiger partial charge is 0.439 e. The van der Waals surface area contributed by atoms with E-state index in [1.807, 2.05) is 13.8 Å². The Morgan fingerprint density at radius 2 is 1.84 bits per heavy atom. The summed E-state index contributed by atoms with van der Waals surface area (Å²) in [6.07, 6.45) is 1.61. The first-order valence-electron chi connectivity index (χ1n) is 9.76. The molecule has 158 valence electrons. The quantitative estimate of drug-likeness (QED) is 0.513. The fourth-order valence-corrected chi connectivity index (χ4v) is 3.46. The first kappa shape index (κ1) is 20.3. The van der Waals surface area contributed by atoms with E-state index >= 15 is 0 Å². The van der Waals surface area contributed by atoms with E-state index in [-0.39, 0.29) is 24.1 Å². The summed E-state index contributed by atoms with van der Waals surface area (Å²) in [6.45, 7) is 4.12. The molecule has 4 rings (SSSR count). The molecule has 8 heteroatoms. The van der Waals surface area contributed by atoms with Crippen molar-refractivity contribution in [2.45, 2.75) is 26.4 Å². The van der Waals surface area contributed by atoms with Gasteiger partial charge in [0, 0.05) is 23.9 Å². The van der Waals surface area contributed by atoms with Crippen molar-refractivity contribution in [3.63, 3.8) is 0 Å². The van der Waals surface area contributed by atoms with Crippen LogP contribution in [0.15, 0.2) is 65.6 Å². The molecule has 0 radical (unpaired) electrons. The van der Waals surface area contributed by atoms with Gasteiger partial charge in [-0.3, -0.25) is 13.9 Å². The second-order valence-corrected chi connectivity index (χ2v) is 7.46. The van der Waals surface area contributed by atoms with Gasteiger partial charge in [0.25, 0.3) is 0 Å². The molecular weight excluding hydrogens is 399 g/mol. The molecule has 2 aromatic carbocycles. The maximum Gasteiger partial charge on any atom is 0.329 e. The van der Waals surface area contributed by atoms with Gasteiger partial charge in [-0.15, -0.1) is 0 Å². The molecule has 0 saturated heterocycles. The maximum absolute atomic E-state index is 13.1. The van der Waals surface area contributed by atoms with Crippen molar-refractivity contribution in [1.82, 2.24) is 14.1 Å². The average molecular weight is 420 g/mol. The lowest BCUT2D eigenvalue weighted by Gasteiger charge is -2.07. The van der Waals surface area contributed by atoms with E-state index in [0.29, 0.717) is 22.7 Å². The number of nitrogens with two attached hydrogens (primary N) is 1. The van der Waals surface area contributed by atoms with Crippen LogP contribution in [-0.2, 0) is 6.54 Å². The number of ether oxygens (including phenoxy) is 1. The molecule has 0 aliphatic carbocycles. The van der Waals surface area contributed by atoms with Crippen molar-refractivity contribution in [3.05, 3.63) is 88.2 Å². The van der Waals surface area contributed by atoms with E-state index in [4.69, 9.17) is 10.5 Å². The summed E-state index contributed by atoms with van der Waals surface area (Å²) in [6, 6.07) is 14.1. The van der Waals surface area contributed by atoms with Crippen molar-refractivity contribution in [1.29, 1.82) is 0 Å². The van der Waals surface area contributed by atoms with Crippen LogP contribution in [0, 0.1) is 5.82 Å². The molecule has 0 fully saturated rings. The van der Waals surface area contributed by atoms with Gasteiger partial charge in [0.15, 0.2) is 0 Å². The van der Waals surface area contributed by atoms with Gasteiger partial charge in [-0.05, 0) is 61.9 Å².